The fourth-order valence-electron chi connectivity index (χ4n) is 3.83. The molecule has 3 aromatic rings. The molecule has 0 atom stereocenters. The van der Waals surface area contributed by atoms with E-state index in [1.54, 1.807) is 17.2 Å². The van der Waals surface area contributed by atoms with Gasteiger partial charge in [-0.05, 0) is 18.6 Å². The first-order valence-corrected chi connectivity index (χ1v) is 12.4. The average Bonchev–Trinajstić information content (AvgIpc) is 3.22. The summed E-state index contributed by atoms with van der Waals surface area (Å²) in [5, 5.41) is 5.33. The molecule has 0 amide bonds. The number of sulfonamides is 1. The maximum Gasteiger partial charge on any atom is 0.211 e. The summed E-state index contributed by atoms with van der Waals surface area (Å²) in [6.07, 6.45) is 4.85. The lowest BCUT2D eigenvalue weighted by Crippen LogP contribution is -2.46. The van der Waals surface area contributed by atoms with Crippen LogP contribution in [0.3, 0.4) is 0 Å². The van der Waals surface area contributed by atoms with Gasteiger partial charge in [0.15, 0.2) is 5.65 Å². The van der Waals surface area contributed by atoms with Crippen LogP contribution in [0.1, 0.15) is 19.8 Å². The topological polar surface area (TPSA) is 96.2 Å². The van der Waals surface area contributed by atoms with Crippen molar-refractivity contribution in [1.82, 2.24) is 24.5 Å². The summed E-state index contributed by atoms with van der Waals surface area (Å²) in [6.45, 7) is 6.26. The number of rotatable bonds is 9. The Balaban J connectivity index is 1.41. The highest BCUT2D eigenvalue weighted by atomic mass is 32.2. The summed E-state index contributed by atoms with van der Waals surface area (Å²) >= 11 is 0. The smallest absolute Gasteiger partial charge is 0.211 e. The summed E-state index contributed by atoms with van der Waals surface area (Å²) in [5.41, 5.74) is 1.97. The van der Waals surface area contributed by atoms with E-state index >= 15 is 0 Å². The molecule has 1 aromatic carbocycles. The van der Waals surface area contributed by atoms with E-state index in [2.05, 4.69) is 53.9 Å². The molecule has 0 spiro atoms. The molecule has 1 N–H and O–H groups in total. The Morgan fingerprint density at radius 2 is 1.77 bits per heavy atom. The standard InChI is InChI=1S/C21H29N7O2S/c1-2-3-15-31(29,30)25-9-10-28-21-19(16-24-28)20(22-17-23-21)27-13-11-26(12-14-27)18-7-5-4-6-8-18/h4-8,16-17,25H,2-3,9-15H2,1H3. The van der Waals surface area contributed by atoms with Crippen LogP contribution in [0.2, 0.25) is 0 Å². The number of aromatic nitrogens is 4. The maximum absolute atomic E-state index is 12.0. The second kappa shape index (κ2) is 9.61. The van der Waals surface area contributed by atoms with E-state index in [1.807, 2.05) is 13.0 Å². The first-order chi connectivity index (χ1) is 15.1. The zero-order valence-electron chi connectivity index (χ0n) is 17.8. The van der Waals surface area contributed by atoms with Gasteiger partial charge in [-0.3, -0.25) is 0 Å². The molecule has 166 valence electrons. The molecule has 2 aromatic heterocycles. The Hall–Kier alpha value is -2.72. The van der Waals surface area contributed by atoms with Gasteiger partial charge in [0.1, 0.15) is 12.1 Å². The molecule has 1 fully saturated rings. The molecule has 0 aliphatic carbocycles. The Kier molecular flexibility index (Phi) is 6.67. The number of fused-ring (bicyclic) bond motifs is 1. The monoisotopic (exact) mass is 443 g/mol. The van der Waals surface area contributed by atoms with Crippen LogP contribution >= 0.6 is 0 Å². The van der Waals surface area contributed by atoms with Gasteiger partial charge in [0.05, 0.1) is 23.9 Å². The lowest BCUT2D eigenvalue weighted by molar-refractivity contribution is 0.562. The lowest BCUT2D eigenvalue weighted by atomic mass is 10.2. The second-order valence-corrected chi connectivity index (χ2v) is 9.61. The van der Waals surface area contributed by atoms with Gasteiger partial charge < -0.3 is 9.80 Å². The number of hydrogen-bond acceptors (Lipinski definition) is 7. The molecule has 0 bridgehead atoms. The van der Waals surface area contributed by atoms with Gasteiger partial charge in [-0.2, -0.15) is 5.10 Å². The van der Waals surface area contributed by atoms with E-state index in [0.29, 0.717) is 13.0 Å². The van der Waals surface area contributed by atoms with Crippen molar-refractivity contribution in [3.05, 3.63) is 42.9 Å². The Labute approximate surface area is 183 Å². The predicted octanol–water partition coefficient (Wildman–Crippen LogP) is 1.87. The molecule has 0 radical (unpaired) electrons. The third-order valence-corrected chi connectivity index (χ3v) is 7.00. The molecular formula is C21H29N7O2S. The molecule has 4 rings (SSSR count). The summed E-state index contributed by atoms with van der Waals surface area (Å²) in [4.78, 5) is 13.6. The van der Waals surface area contributed by atoms with E-state index in [9.17, 15) is 8.42 Å². The van der Waals surface area contributed by atoms with Crippen LogP contribution in [0, 0.1) is 0 Å². The summed E-state index contributed by atoms with van der Waals surface area (Å²) in [6, 6.07) is 10.4. The van der Waals surface area contributed by atoms with E-state index in [-0.39, 0.29) is 12.3 Å². The third-order valence-electron chi connectivity index (χ3n) is 5.53. The summed E-state index contributed by atoms with van der Waals surface area (Å²) < 4.78 is 28.4. The van der Waals surface area contributed by atoms with Crippen LogP contribution in [-0.2, 0) is 16.6 Å². The normalized spacial score (nSPS) is 15.0. The fraction of sp³-hybridized carbons (Fsp3) is 0.476. The van der Waals surface area contributed by atoms with Crippen molar-refractivity contribution >= 4 is 32.6 Å². The number of nitrogens with one attached hydrogen (secondary N) is 1. The Bertz CT molecular complexity index is 1090. The number of hydrogen-bond donors (Lipinski definition) is 1. The van der Waals surface area contributed by atoms with Crippen molar-refractivity contribution in [3.8, 4) is 0 Å². The van der Waals surface area contributed by atoms with Gasteiger partial charge in [-0.1, -0.05) is 31.5 Å². The van der Waals surface area contributed by atoms with Gasteiger partial charge in [-0.15, -0.1) is 0 Å². The van der Waals surface area contributed by atoms with Crippen LogP contribution < -0.4 is 14.5 Å². The molecule has 31 heavy (non-hydrogen) atoms. The lowest BCUT2D eigenvalue weighted by Gasteiger charge is -2.36. The highest BCUT2D eigenvalue weighted by molar-refractivity contribution is 7.89. The van der Waals surface area contributed by atoms with Crippen molar-refractivity contribution in [1.29, 1.82) is 0 Å². The largest absolute Gasteiger partial charge is 0.368 e. The van der Waals surface area contributed by atoms with Crippen LogP contribution in [-0.4, -0.2) is 66.6 Å². The highest BCUT2D eigenvalue weighted by Crippen LogP contribution is 2.25. The molecule has 9 nitrogen and oxygen atoms in total. The van der Waals surface area contributed by atoms with Gasteiger partial charge in [0.2, 0.25) is 10.0 Å². The van der Waals surface area contributed by atoms with Crippen molar-refractivity contribution in [2.45, 2.75) is 26.3 Å². The van der Waals surface area contributed by atoms with Gasteiger partial charge >= 0.3 is 0 Å². The van der Waals surface area contributed by atoms with Crippen LogP contribution in [0.15, 0.2) is 42.9 Å². The first kappa shape index (κ1) is 21.5. The molecule has 10 heteroatoms. The van der Waals surface area contributed by atoms with Gasteiger partial charge in [0.25, 0.3) is 0 Å². The van der Waals surface area contributed by atoms with Crippen LogP contribution in [0.25, 0.3) is 11.0 Å². The maximum atomic E-state index is 12.0. The number of para-hydroxylation sites is 1. The zero-order chi connectivity index (χ0) is 21.7. The van der Waals surface area contributed by atoms with E-state index in [0.717, 1.165) is 49.5 Å². The minimum Gasteiger partial charge on any atom is -0.368 e. The van der Waals surface area contributed by atoms with E-state index < -0.39 is 10.0 Å². The molecule has 0 unspecified atom stereocenters. The van der Waals surface area contributed by atoms with Crippen LogP contribution in [0.4, 0.5) is 11.5 Å². The Morgan fingerprint density at radius 1 is 1.03 bits per heavy atom. The number of anilines is 2. The molecule has 0 saturated carbocycles. The SMILES string of the molecule is CCCCS(=O)(=O)NCCn1ncc2c(N3CCN(c4ccccc4)CC3)ncnc21. The van der Waals surface area contributed by atoms with Crippen LogP contribution in [0.5, 0.6) is 0 Å². The quantitative estimate of drug-likeness (QED) is 0.539. The van der Waals surface area contributed by atoms with Crippen molar-refractivity contribution in [3.63, 3.8) is 0 Å². The molecule has 1 aliphatic rings. The van der Waals surface area contributed by atoms with Crippen molar-refractivity contribution in [2.75, 3.05) is 48.3 Å². The fourth-order valence-corrected chi connectivity index (χ4v) is 5.04. The number of unbranched alkanes of at least 4 members (excludes halogenated alkanes) is 1. The number of nitrogens with zero attached hydrogens (tertiary/aromatic N) is 6. The minimum absolute atomic E-state index is 0.157. The molecule has 1 aliphatic heterocycles. The van der Waals surface area contributed by atoms with E-state index in [4.69, 9.17) is 0 Å². The second-order valence-electron chi connectivity index (χ2n) is 7.68. The average molecular weight is 444 g/mol. The zero-order valence-corrected chi connectivity index (χ0v) is 18.6. The number of piperazine rings is 1. The highest BCUT2D eigenvalue weighted by Gasteiger charge is 2.21. The first-order valence-electron chi connectivity index (χ1n) is 10.8. The summed E-state index contributed by atoms with van der Waals surface area (Å²) in [7, 11) is -3.24. The molecule has 3 heterocycles. The van der Waals surface area contributed by atoms with Gasteiger partial charge in [0, 0.05) is 38.4 Å². The summed E-state index contributed by atoms with van der Waals surface area (Å²) in [5.74, 6) is 1.04. The van der Waals surface area contributed by atoms with E-state index in [1.165, 1.54) is 5.69 Å². The molecule has 1 saturated heterocycles. The minimum atomic E-state index is -3.24. The van der Waals surface area contributed by atoms with Crippen molar-refractivity contribution < 1.29 is 8.42 Å². The molecular weight excluding hydrogens is 414 g/mol. The number of benzene rings is 1. The van der Waals surface area contributed by atoms with Gasteiger partial charge in [-0.25, -0.2) is 27.8 Å². The predicted molar refractivity (Wildman–Crippen MR) is 123 cm³/mol. The van der Waals surface area contributed by atoms with Crippen molar-refractivity contribution in [2.24, 2.45) is 0 Å². The Morgan fingerprint density at radius 3 is 2.52 bits per heavy atom. The third kappa shape index (κ3) is 5.13.